The molecule has 0 aromatic heterocycles. The third kappa shape index (κ3) is 50.4. The van der Waals surface area contributed by atoms with Gasteiger partial charge in [-0.05, 0) is 51.4 Å². The fraction of sp³-hybridized carbons (Fsp3) is 0.931. The highest BCUT2D eigenvalue weighted by molar-refractivity contribution is 7.46. The lowest BCUT2D eigenvalue weighted by molar-refractivity contribution is -0.386. The number of carbonyl (C=O) groups is 7. The van der Waals surface area contributed by atoms with Gasteiger partial charge in [0.15, 0.2) is 37.4 Å². The second-order valence-corrected chi connectivity index (χ2v) is 43.3. The fourth-order valence-electron chi connectivity index (χ4n) is 19.4. The summed E-state index contributed by atoms with van der Waals surface area (Å²) in [5.41, 5.74) is 0. The summed E-state index contributed by atoms with van der Waals surface area (Å²) in [6, 6.07) is -4.49. The minimum Gasteiger partial charge on any atom is -0.477 e. The Bertz CT molecular complexity index is 3770. The van der Waals surface area contributed by atoms with Gasteiger partial charge in [-0.25, -0.2) is 13.9 Å². The molecule has 5 saturated heterocycles. The van der Waals surface area contributed by atoms with E-state index >= 15 is 9.59 Å². The van der Waals surface area contributed by atoms with E-state index in [-0.39, 0.29) is 38.5 Å². The predicted molar refractivity (Wildman–Crippen MR) is 537 cm³/mol. The van der Waals surface area contributed by atoms with E-state index in [9.17, 15) is 134 Å². The van der Waals surface area contributed by atoms with Crippen LogP contribution < -0.4 is 10.6 Å². The Balaban J connectivity index is 1.82. The normalized spacial score (nSPS) is 28.8. The molecule has 0 bridgehead atoms. The smallest absolute Gasteiger partial charge is 0.472 e. The van der Waals surface area contributed by atoms with E-state index in [0.717, 1.165) is 193 Å². The summed E-state index contributed by atoms with van der Waals surface area (Å²) in [6.07, 6.45) is -32.4. The van der Waals surface area contributed by atoms with E-state index in [1.54, 1.807) is 0 Å². The van der Waals surface area contributed by atoms with Crippen molar-refractivity contribution in [3.63, 3.8) is 0 Å². The maximum atomic E-state index is 15.7. The third-order valence-electron chi connectivity index (χ3n) is 28.0. The summed E-state index contributed by atoms with van der Waals surface area (Å²) in [5.74, 6) is -12.1. The maximum Gasteiger partial charge on any atom is 0.472 e. The van der Waals surface area contributed by atoms with Gasteiger partial charge in [0.05, 0.1) is 77.0 Å². The van der Waals surface area contributed by atoms with Crippen LogP contribution in [0, 0.1) is 0 Å². The van der Waals surface area contributed by atoms with Crippen LogP contribution in [0.3, 0.4) is 0 Å². The van der Waals surface area contributed by atoms with E-state index in [4.69, 9.17) is 70.6 Å². The first-order chi connectivity index (χ1) is 71.6. The molecule has 0 saturated carbocycles. The molecule has 0 aromatic rings. The summed E-state index contributed by atoms with van der Waals surface area (Å²) in [7, 11) is -12.2. The van der Waals surface area contributed by atoms with E-state index in [1.807, 2.05) is 20.8 Å². The summed E-state index contributed by atoms with van der Waals surface area (Å²) in [6.45, 7) is 5.59. The van der Waals surface area contributed by atoms with E-state index in [2.05, 4.69) is 31.4 Å². The average Bonchev–Trinajstić information content (AvgIpc) is 0.757. The van der Waals surface area contributed by atoms with Crippen molar-refractivity contribution < 1.29 is 215 Å². The number of aliphatic hydroxyl groups excluding tert-OH is 15. The number of unbranched alkanes of at least 4 members (excludes halogenated alkanes) is 36. The minimum absolute atomic E-state index is 0.00639. The zero-order valence-corrected chi connectivity index (χ0v) is 90.8. The molecule has 150 heavy (non-hydrogen) atoms. The molecule has 0 spiro atoms. The van der Waals surface area contributed by atoms with Crippen LogP contribution in [-0.2, 0) is 113 Å². The largest absolute Gasteiger partial charge is 0.477 e. The zero-order valence-electron chi connectivity index (χ0n) is 89.0. The van der Waals surface area contributed by atoms with Gasteiger partial charge in [-0.15, -0.1) is 0 Å². The van der Waals surface area contributed by atoms with Crippen LogP contribution in [0.2, 0.25) is 0 Å². The Morgan fingerprint density at radius 2 is 0.733 bits per heavy atom. The molecule has 878 valence electrons. The van der Waals surface area contributed by atoms with Crippen molar-refractivity contribution in [3.05, 3.63) is 0 Å². The van der Waals surface area contributed by atoms with Crippen LogP contribution in [0.5, 0.6) is 0 Å². The van der Waals surface area contributed by atoms with Crippen molar-refractivity contribution in [2.24, 2.45) is 0 Å². The molecular weight excluding hydrogens is 2020 g/mol. The maximum absolute atomic E-state index is 15.7. The number of aliphatic carboxylic acids is 1. The van der Waals surface area contributed by atoms with Gasteiger partial charge in [0.1, 0.15) is 128 Å². The number of hydrogen-bond acceptors (Lipinski definition) is 39. The number of carboxylic acid groups (broad SMARTS) is 1. The fourth-order valence-corrected chi connectivity index (χ4v) is 20.4. The monoisotopic (exact) mass is 2210 g/mol. The molecule has 5 heterocycles. The topological polar surface area (TPSA) is 721 Å². The van der Waals surface area contributed by atoms with Crippen molar-refractivity contribution in [1.82, 2.24) is 10.6 Å². The van der Waals surface area contributed by atoms with E-state index in [0.29, 0.717) is 77.0 Å². The molecule has 0 unspecified atom stereocenters. The Kier molecular flexibility index (Phi) is 67.8. The minimum atomic E-state index is -6.24. The molecule has 5 fully saturated rings. The molecule has 5 rings (SSSR count). The number of amides is 2. The van der Waals surface area contributed by atoms with Gasteiger partial charge < -0.3 is 173 Å². The highest BCUT2D eigenvalue weighted by Gasteiger charge is 2.62. The first kappa shape index (κ1) is 136. The number of rotatable bonds is 83. The lowest BCUT2D eigenvalue weighted by Crippen LogP contribution is -2.69. The molecule has 2 amide bonds. The molecule has 31 atom stereocenters. The quantitative estimate of drug-likeness (QED) is 0.0124. The van der Waals surface area contributed by atoms with Gasteiger partial charge in [-0.3, -0.25) is 37.8 Å². The first-order valence-electron chi connectivity index (χ1n) is 55.5. The molecule has 0 aliphatic carbocycles. The highest BCUT2D eigenvalue weighted by atomic mass is 31.2. The Morgan fingerprint density at radius 1 is 0.353 bits per heavy atom. The van der Waals surface area contributed by atoms with Crippen LogP contribution in [0.25, 0.3) is 0 Å². The number of esters is 4. The first-order valence-corrected chi connectivity index (χ1v) is 58.6. The van der Waals surface area contributed by atoms with Crippen LogP contribution in [0.15, 0.2) is 0 Å². The lowest BCUT2D eigenvalue weighted by Gasteiger charge is -2.50. The lowest BCUT2D eigenvalue weighted by atomic mass is 9.91. The summed E-state index contributed by atoms with van der Waals surface area (Å²) in [4.78, 5) is 147. The summed E-state index contributed by atoms with van der Waals surface area (Å²) >= 11 is 0. The number of phosphoric ester groups is 2. The van der Waals surface area contributed by atoms with Crippen LogP contribution >= 0.6 is 15.6 Å². The van der Waals surface area contributed by atoms with Crippen LogP contribution in [-0.4, -0.2) is 365 Å². The molecule has 46 nitrogen and oxygen atoms in total. The SMILES string of the molecule is CCCCCCCCCCC[C@@H](O)CC(=O)O[C@@H]1[C@H](O)[C@@H](CO[C@@H]2O[C@H](CO[C@]3(C(=O)O)C[C@@H](O[C@@H]4O[C@H]([C@@H](O)CO)[C@@H](O)[C@H](O[C@H]5O[C@H]([C@@H](O)CO)[C@@H](O)[C@H](O)[C@@H]5O)[C@@H]4O)[C@@H](O)[C@@H]([C@H](O)CO)O3)[C@@H](OP(=O)(O)O)[C@H](OC(=O)C[C@@H](CCCCCCCCCCC)OC(=O)CCCCCCCC)[C@H]2NC(=O)C[C@@H](CCCCCCCCCCC)OC(=O)CCCCCCC)O[C@H](OP(=O)(O)O)[C@H]1NC(=O)C[C@H](O)CCCCCC. The number of phosphoric acid groups is 2. The Hall–Kier alpha value is -4.45. The number of hydrogen-bond donors (Lipinski definition) is 22. The number of aliphatic hydroxyl groups is 15. The molecule has 5 aliphatic rings. The van der Waals surface area contributed by atoms with Crippen LogP contribution in [0.1, 0.15) is 382 Å². The second-order valence-electron chi connectivity index (χ2n) is 41.0. The Morgan fingerprint density at radius 3 is 1.19 bits per heavy atom. The van der Waals surface area contributed by atoms with E-state index in [1.165, 1.54) is 0 Å². The van der Waals surface area contributed by atoms with Gasteiger partial charge in [0, 0.05) is 19.3 Å². The average molecular weight is 2210 g/mol. The van der Waals surface area contributed by atoms with E-state index < -0.39 is 312 Å². The van der Waals surface area contributed by atoms with Gasteiger partial charge in [0.2, 0.25) is 11.8 Å². The molecule has 0 radical (unpaired) electrons. The number of nitrogens with one attached hydrogen (secondary N) is 2. The Labute approximate surface area is 882 Å². The molecule has 0 aromatic carbocycles. The summed E-state index contributed by atoms with van der Waals surface area (Å²) in [5, 5.41) is 185. The standard InChI is InChI=1S/C102H186N2O44P2/c1-7-13-19-25-29-32-35-39-44-50-66(109)56-79(117)141-94-81(103-75(113)55-65(108)49-43-24-18-12-6)98(148-150(131,132)133)139-73(84(94)120)63-134-97-82(104-76(114)57-67(136-77(115)53-47-38-23-17-11-5)51-45-40-36-33-30-26-20-14-8-2)95(142-80(118)58-68(52-46-41-37-34-31-27-21-15-9-3)137-78(116)54-48-42-28-22-16-10-4)93(147-149(128,129)130)74(140-97)64-135-102(101(126)127)59-72(83(119)92(146-102)71(112)62-107)138-100-89(125)96(88(124)91(144-100)70(111)61-106)145-99-87(123)85(121)86(122)90(143-99)69(110)60-105/h65-74,81-100,105-112,119-125H,7-64H2,1-6H3,(H,103,113)(H,104,114)(H,126,127)(H2,128,129,130)(H2,131,132,133)/t65-,66-,67-,68-,69+,70+,71-,72-,73-,74-,81+,82-,83-,84-,85+,86+,87+,88-,89+,90-,91-,92-,93-,94+,95-,96+,97-,98-,99-,100-,102-/m1/s1. The molecule has 22 N–H and O–H groups in total. The van der Waals surface area contributed by atoms with Crippen molar-refractivity contribution in [2.45, 2.75) is 571 Å². The molecule has 48 heteroatoms. The zero-order chi connectivity index (χ0) is 111. The summed E-state index contributed by atoms with van der Waals surface area (Å²) < 4.78 is 117. The van der Waals surface area contributed by atoms with Crippen molar-refractivity contribution in [1.29, 1.82) is 0 Å². The van der Waals surface area contributed by atoms with Gasteiger partial charge in [-0.1, -0.05) is 286 Å². The van der Waals surface area contributed by atoms with Crippen molar-refractivity contribution >= 4 is 57.3 Å². The number of carbonyl (C=O) groups excluding carboxylic acids is 6. The van der Waals surface area contributed by atoms with Crippen molar-refractivity contribution in [2.75, 3.05) is 33.0 Å². The number of carboxylic acids is 1. The third-order valence-corrected chi connectivity index (χ3v) is 29.0. The van der Waals surface area contributed by atoms with Gasteiger partial charge in [-0.2, -0.15) is 0 Å². The van der Waals surface area contributed by atoms with Crippen molar-refractivity contribution in [3.8, 4) is 0 Å². The van der Waals surface area contributed by atoms with Gasteiger partial charge in [0.25, 0.3) is 5.79 Å². The molecular formula is C102H186N2O44P2. The second kappa shape index (κ2) is 74.8. The molecule has 5 aliphatic heterocycles. The number of ether oxygens (including phenoxy) is 13. The van der Waals surface area contributed by atoms with Crippen LogP contribution in [0.4, 0.5) is 0 Å². The highest BCUT2D eigenvalue weighted by Crippen LogP contribution is 2.47. The predicted octanol–water partition coefficient (Wildman–Crippen LogP) is 7.18. The van der Waals surface area contributed by atoms with Gasteiger partial charge >= 0.3 is 45.5 Å².